The summed E-state index contributed by atoms with van der Waals surface area (Å²) in [7, 11) is 0. The third kappa shape index (κ3) is 4.81. The fourth-order valence-corrected chi connectivity index (χ4v) is 6.64. The van der Waals surface area contributed by atoms with Crippen molar-refractivity contribution < 1.29 is 9.18 Å². The smallest absolute Gasteiger partial charge is 0.260 e. The maximum absolute atomic E-state index is 14.0. The van der Waals surface area contributed by atoms with Crippen molar-refractivity contribution >= 4 is 35.1 Å². The summed E-state index contributed by atoms with van der Waals surface area (Å²) in [6.07, 6.45) is 6.87. The SMILES string of the molecule is CCc1cnn2c1-c1cc(C(=N)/N=C/C(Cc3cccc(F)c3)CN3C(=N)c4ccccc4C3=O)sc1CCC2. The van der Waals surface area contributed by atoms with Gasteiger partial charge in [-0.25, -0.2) is 9.38 Å². The van der Waals surface area contributed by atoms with Crippen LogP contribution in [0.2, 0.25) is 0 Å². The minimum Gasteiger partial charge on any atom is -0.292 e. The van der Waals surface area contributed by atoms with E-state index in [1.807, 2.05) is 18.3 Å². The second kappa shape index (κ2) is 10.7. The third-order valence-electron chi connectivity index (χ3n) is 7.51. The molecule has 0 saturated heterocycles. The zero-order chi connectivity index (χ0) is 27.8. The highest BCUT2D eigenvalue weighted by Gasteiger charge is 2.33. The Labute approximate surface area is 236 Å². The number of nitrogens with one attached hydrogen (secondary N) is 2. The molecular formula is C31H29FN6OS. The molecule has 2 aliphatic rings. The van der Waals surface area contributed by atoms with Gasteiger partial charge >= 0.3 is 0 Å². The molecular weight excluding hydrogens is 523 g/mol. The van der Waals surface area contributed by atoms with Crippen molar-refractivity contribution in [3.05, 3.63) is 98.6 Å². The van der Waals surface area contributed by atoms with Crippen molar-refractivity contribution in [3.8, 4) is 11.3 Å². The Bertz CT molecular complexity index is 1630. The largest absolute Gasteiger partial charge is 0.292 e. The lowest BCUT2D eigenvalue weighted by Crippen LogP contribution is -2.36. The number of fused-ring (bicyclic) bond motifs is 4. The van der Waals surface area contributed by atoms with Crippen molar-refractivity contribution in [2.45, 2.75) is 39.2 Å². The van der Waals surface area contributed by atoms with Crippen LogP contribution in [-0.4, -0.2) is 45.0 Å². The highest BCUT2D eigenvalue weighted by Crippen LogP contribution is 2.37. The molecule has 0 fully saturated rings. The van der Waals surface area contributed by atoms with Crippen molar-refractivity contribution in [2.24, 2.45) is 10.9 Å². The lowest BCUT2D eigenvalue weighted by molar-refractivity contribution is 0.0852. The minimum atomic E-state index is -0.330. The normalized spacial score (nSPS) is 15.2. The standard InChI is InChI=1S/C31H29FN6OS/c1-2-21-17-36-38-12-6-11-26-25(28(21)38)15-27(40-26)29(33)35-16-20(13-19-7-5-8-22(32)14-19)18-37-30(34)23-9-3-4-10-24(23)31(37)39/h3-5,7-10,14-17,20,33-34H,2,6,11-13,18H2,1H3/b33-29?,34-30?,35-16+. The van der Waals surface area contributed by atoms with Crippen LogP contribution in [0.15, 0.2) is 65.8 Å². The van der Waals surface area contributed by atoms with Crippen molar-refractivity contribution in [2.75, 3.05) is 6.54 Å². The molecule has 4 heterocycles. The maximum Gasteiger partial charge on any atom is 0.260 e. The number of hydrogen-bond donors (Lipinski definition) is 2. The van der Waals surface area contributed by atoms with Gasteiger partial charge in [-0.15, -0.1) is 11.3 Å². The van der Waals surface area contributed by atoms with E-state index in [2.05, 4.69) is 27.8 Å². The lowest BCUT2D eigenvalue weighted by atomic mass is 9.99. The van der Waals surface area contributed by atoms with Gasteiger partial charge in [0.25, 0.3) is 5.91 Å². The molecule has 2 aromatic heterocycles. The van der Waals surface area contributed by atoms with Crippen LogP contribution in [0.25, 0.3) is 11.3 Å². The monoisotopic (exact) mass is 552 g/mol. The zero-order valence-electron chi connectivity index (χ0n) is 22.2. The molecule has 0 aliphatic carbocycles. The number of aliphatic imine (C=N–C) groups is 1. The molecule has 2 aromatic carbocycles. The molecule has 0 bridgehead atoms. The van der Waals surface area contributed by atoms with Gasteiger partial charge < -0.3 is 0 Å². The van der Waals surface area contributed by atoms with E-state index in [1.165, 1.54) is 27.5 Å². The topological polar surface area (TPSA) is 98.2 Å². The van der Waals surface area contributed by atoms with Crippen molar-refractivity contribution in [3.63, 3.8) is 0 Å². The van der Waals surface area contributed by atoms with Crippen LogP contribution in [0, 0.1) is 22.6 Å². The molecule has 0 radical (unpaired) electrons. The molecule has 6 rings (SSSR count). The molecule has 4 aromatic rings. The summed E-state index contributed by atoms with van der Waals surface area (Å²) in [5.41, 5.74) is 5.36. The number of amidine groups is 2. The van der Waals surface area contributed by atoms with Gasteiger partial charge in [0.05, 0.1) is 22.3 Å². The number of amides is 1. The molecule has 9 heteroatoms. The van der Waals surface area contributed by atoms with E-state index >= 15 is 0 Å². The Morgan fingerprint density at radius 1 is 1.18 bits per heavy atom. The summed E-state index contributed by atoms with van der Waals surface area (Å²) >= 11 is 1.60. The number of thiophene rings is 1. The summed E-state index contributed by atoms with van der Waals surface area (Å²) in [4.78, 5) is 21.1. The second-order valence-corrected chi connectivity index (χ2v) is 11.3. The first-order valence-corrected chi connectivity index (χ1v) is 14.3. The Morgan fingerprint density at radius 3 is 2.77 bits per heavy atom. The van der Waals surface area contributed by atoms with Gasteiger partial charge in [0.2, 0.25) is 0 Å². The number of halogens is 1. The summed E-state index contributed by atoms with van der Waals surface area (Å²) in [6, 6.07) is 15.5. The Hall–Kier alpha value is -4.24. The van der Waals surface area contributed by atoms with Crippen LogP contribution in [0.1, 0.15) is 50.1 Å². The summed E-state index contributed by atoms with van der Waals surface area (Å²) in [5.74, 6) is -0.578. The number of rotatable bonds is 7. The van der Waals surface area contributed by atoms with Gasteiger partial charge in [0.15, 0.2) is 5.84 Å². The third-order valence-corrected chi connectivity index (χ3v) is 8.72. The van der Waals surface area contributed by atoms with E-state index in [9.17, 15) is 9.18 Å². The van der Waals surface area contributed by atoms with Crippen LogP contribution < -0.4 is 0 Å². The number of nitrogens with zero attached hydrogens (tertiary/aromatic N) is 4. The van der Waals surface area contributed by atoms with Crippen molar-refractivity contribution in [1.82, 2.24) is 14.7 Å². The van der Waals surface area contributed by atoms with Gasteiger partial charge in [-0.2, -0.15) is 5.10 Å². The Morgan fingerprint density at radius 2 is 2.00 bits per heavy atom. The summed E-state index contributed by atoms with van der Waals surface area (Å²) in [6.45, 7) is 3.22. The van der Waals surface area contributed by atoms with E-state index in [0.717, 1.165) is 47.5 Å². The van der Waals surface area contributed by atoms with Crippen molar-refractivity contribution in [1.29, 1.82) is 10.8 Å². The minimum absolute atomic E-state index is 0.151. The summed E-state index contributed by atoms with van der Waals surface area (Å²) < 4.78 is 16.0. The number of aryl methyl sites for hydroxylation is 3. The predicted molar refractivity (Wildman–Crippen MR) is 156 cm³/mol. The molecule has 2 N–H and O–H groups in total. The number of benzene rings is 2. The lowest BCUT2D eigenvalue weighted by Gasteiger charge is -2.21. The van der Waals surface area contributed by atoms with Gasteiger partial charge in [0, 0.05) is 41.2 Å². The van der Waals surface area contributed by atoms with E-state index in [1.54, 1.807) is 41.8 Å². The molecule has 1 unspecified atom stereocenters. The van der Waals surface area contributed by atoms with E-state index in [0.29, 0.717) is 17.5 Å². The van der Waals surface area contributed by atoms with Crippen LogP contribution in [0.3, 0.4) is 0 Å². The fourth-order valence-electron chi connectivity index (χ4n) is 5.54. The van der Waals surface area contributed by atoms with Gasteiger partial charge in [-0.05, 0) is 61.1 Å². The highest BCUT2D eigenvalue weighted by molar-refractivity contribution is 7.14. The van der Waals surface area contributed by atoms with Crippen LogP contribution in [-0.2, 0) is 25.8 Å². The van der Waals surface area contributed by atoms with Crippen LogP contribution in [0.4, 0.5) is 4.39 Å². The van der Waals surface area contributed by atoms with Gasteiger partial charge in [0.1, 0.15) is 11.7 Å². The molecule has 1 atom stereocenters. The Balaban J connectivity index is 1.27. The molecule has 0 spiro atoms. The van der Waals surface area contributed by atoms with Gasteiger partial charge in [-0.3, -0.25) is 25.2 Å². The molecule has 202 valence electrons. The molecule has 7 nitrogen and oxygen atoms in total. The quantitative estimate of drug-likeness (QED) is 0.217. The second-order valence-electron chi connectivity index (χ2n) is 10.2. The molecule has 40 heavy (non-hydrogen) atoms. The first kappa shape index (κ1) is 26.0. The number of hydrogen-bond acceptors (Lipinski definition) is 5. The van der Waals surface area contributed by atoms with E-state index in [4.69, 9.17) is 10.8 Å². The first-order chi connectivity index (χ1) is 19.4. The highest BCUT2D eigenvalue weighted by atomic mass is 32.1. The molecule has 0 saturated carbocycles. The average molecular weight is 553 g/mol. The first-order valence-electron chi connectivity index (χ1n) is 13.5. The number of carbonyl (C=O) groups is 1. The molecule has 2 aliphatic heterocycles. The van der Waals surface area contributed by atoms with E-state index < -0.39 is 0 Å². The number of carbonyl (C=O) groups excluding carboxylic acids is 1. The van der Waals surface area contributed by atoms with Crippen LogP contribution >= 0.6 is 11.3 Å². The van der Waals surface area contributed by atoms with Gasteiger partial charge in [-0.1, -0.05) is 37.3 Å². The number of aromatic nitrogens is 2. The van der Waals surface area contributed by atoms with E-state index in [-0.39, 0.29) is 35.9 Å². The maximum atomic E-state index is 14.0. The summed E-state index contributed by atoms with van der Waals surface area (Å²) in [5, 5.41) is 22.0. The van der Waals surface area contributed by atoms with Crippen LogP contribution in [0.5, 0.6) is 0 Å². The molecule has 1 amide bonds. The Kier molecular flexibility index (Phi) is 6.98. The average Bonchev–Trinajstić information content (AvgIpc) is 3.59. The predicted octanol–water partition coefficient (Wildman–Crippen LogP) is 6.00. The fraction of sp³-hybridized carbons (Fsp3) is 0.258. The zero-order valence-corrected chi connectivity index (χ0v) is 23.0.